The van der Waals surface area contributed by atoms with Gasteiger partial charge in [0.15, 0.2) is 0 Å². The second-order valence-electron chi connectivity index (χ2n) is 6.92. The Kier molecular flexibility index (Phi) is 4.28. The first-order valence-corrected chi connectivity index (χ1v) is 8.87. The summed E-state index contributed by atoms with van der Waals surface area (Å²) in [5.74, 6) is 2.23. The van der Waals surface area contributed by atoms with E-state index in [0.29, 0.717) is 11.6 Å². The highest BCUT2D eigenvalue weighted by Gasteiger charge is 2.29. The predicted molar refractivity (Wildman–Crippen MR) is 89.5 cm³/mol. The number of carbonyl (C=O) groups is 1. The van der Waals surface area contributed by atoms with Crippen LogP contribution in [0.25, 0.3) is 0 Å². The second kappa shape index (κ2) is 6.71. The van der Waals surface area contributed by atoms with Crippen molar-refractivity contribution in [2.75, 3.05) is 13.1 Å². The Morgan fingerprint density at radius 1 is 1.12 bits per heavy atom. The van der Waals surface area contributed by atoms with Gasteiger partial charge >= 0.3 is 0 Å². The summed E-state index contributed by atoms with van der Waals surface area (Å²) in [5.41, 5.74) is 0.427. The number of likely N-dealkylation sites (tertiary alicyclic amines) is 1. The van der Waals surface area contributed by atoms with Gasteiger partial charge in [0.1, 0.15) is 11.5 Å². The molecule has 1 atom stereocenters. The van der Waals surface area contributed by atoms with Crippen LogP contribution < -0.4 is 0 Å². The molecule has 6 heteroatoms. The third-order valence-corrected chi connectivity index (χ3v) is 5.28. The van der Waals surface area contributed by atoms with Gasteiger partial charge in [-0.2, -0.15) is 0 Å². The maximum atomic E-state index is 12.6. The van der Waals surface area contributed by atoms with E-state index in [0.717, 1.165) is 44.2 Å². The maximum absolute atomic E-state index is 12.6. The fourth-order valence-electron chi connectivity index (χ4n) is 3.73. The third kappa shape index (κ3) is 3.05. The predicted octanol–water partition coefficient (Wildman–Crippen LogP) is 2.49. The normalized spacial score (nSPS) is 21.5. The number of aromatic nitrogens is 4. The highest BCUT2D eigenvalue weighted by atomic mass is 16.2. The van der Waals surface area contributed by atoms with Crippen LogP contribution >= 0.6 is 0 Å². The third-order valence-electron chi connectivity index (χ3n) is 5.28. The van der Waals surface area contributed by atoms with E-state index >= 15 is 0 Å². The fraction of sp³-hybridized carbons (Fsp3) is 0.556. The summed E-state index contributed by atoms with van der Waals surface area (Å²) in [4.78, 5) is 27.3. The molecule has 1 aliphatic heterocycles. The van der Waals surface area contributed by atoms with Crippen LogP contribution in [0, 0.1) is 5.92 Å². The van der Waals surface area contributed by atoms with Gasteiger partial charge in [-0.25, -0.2) is 9.97 Å². The van der Waals surface area contributed by atoms with Gasteiger partial charge in [0.2, 0.25) is 0 Å². The molecular formula is C18H23N5O. The molecule has 2 aliphatic rings. The minimum atomic E-state index is -0.0232. The van der Waals surface area contributed by atoms with Gasteiger partial charge in [-0.3, -0.25) is 9.78 Å². The quantitative estimate of drug-likeness (QED) is 0.866. The first-order chi connectivity index (χ1) is 11.8. The fourth-order valence-corrected chi connectivity index (χ4v) is 3.73. The molecule has 1 saturated heterocycles. The number of nitrogens with zero attached hydrogens (tertiary/aromatic N) is 5. The van der Waals surface area contributed by atoms with E-state index < -0.39 is 0 Å². The standard InChI is InChI=1S/C18H23N5O/c24-18(16-11-19-6-7-20-16)23-9-2-5-15(13-23)17-21-8-10-22(17)12-14-3-1-4-14/h6-8,10-11,14-15H,1-5,9,12-13H2. The van der Waals surface area contributed by atoms with Crippen molar-refractivity contribution in [1.29, 1.82) is 0 Å². The van der Waals surface area contributed by atoms with Crippen molar-refractivity contribution in [1.82, 2.24) is 24.4 Å². The van der Waals surface area contributed by atoms with E-state index in [1.807, 2.05) is 11.1 Å². The van der Waals surface area contributed by atoms with Gasteiger partial charge in [-0.1, -0.05) is 6.42 Å². The molecule has 1 saturated carbocycles. The molecule has 0 aromatic carbocycles. The zero-order valence-electron chi connectivity index (χ0n) is 13.8. The Bertz CT molecular complexity index is 694. The SMILES string of the molecule is O=C(c1cnccn1)N1CCCC(c2nccn2CC2CCC2)C1. The van der Waals surface area contributed by atoms with Crippen LogP contribution in [0.15, 0.2) is 31.0 Å². The van der Waals surface area contributed by atoms with Crippen molar-refractivity contribution in [3.63, 3.8) is 0 Å². The number of carbonyl (C=O) groups excluding carboxylic acids is 1. The van der Waals surface area contributed by atoms with Gasteiger partial charge in [0.25, 0.3) is 5.91 Å². The molecule has 2 fully saturated rings. The van der Waals surface area contributed by atoms with Gasteiger partial charge < -0.3 is 9.47 Å². The summed E-state index contributed by atoms with van der Waals surface area (Å²) in [6, 6.07) is 0. The summed E-state index contributed by atoms with van der Waals surface area (Å²) in [7, 11) is 0. The van der Waals surface area contributed by atoms with Crippen molar-refractivity contribution < 1.29 is 4.79 Å². The Morgan fingerprint density at radius 3 is 2.79 bits per heavy atom. The van der Waals surface area contributed by atoms with Gasteiger partial charge in [-0.15, -0.1) is 0 Å². The average Bonchev–Trinajstić information content (AvgIpc) is 3.07. The van der Waals surface area contributed by atoms with Crippen molar-refractivity contribution in [2.24, 2.45) is 5.92 Å². The van der Waals surface area contributed by atoms with Crippen LogP contribution in [-0.4, -0.2) is 43.4 Å². The number of piperidine rings is 1. The molecule has 1 unspecified atom stereocenters. The molecule has 4 rings (SSSR count). The molecule has 6 nitrogen and oxygen atoms in total. The largest absolute Gasteiger partial charge is 0.337 e. The number of imidazole rings is 1. The van der Waals surface area contributed by atoms with Crippen LogP contribution in [0.4, 0.5) is 0 Å². The number of amides is 1. The maximum Gasteiger partial charge on any atom is 0.274 e. The van der Waals surface area contributed by atoms with Crippen LogP contribution in [0.3, 0.4) is 0 Å². The first kappa shape index (κ1) is 15.3. The highest BCUT2D eigenvalue weighted by molar-refractivity contribution is 5.92. The van der Waals surface area contributed by atoms with Crippen molar-refractivity contribution in [2.45, 2.75) is 44.6 Å². The zero-order chi connectivity index (χ0) is 16.4. The van der Waals surface area contributed by atoms with Gasteiger partial charge in [0, 0.05) is 50.3 Å². The van der Waals surface area contributed by atoms with Crippen LogP contribution in [0.1, 0.15) is 54.3 Å². The van der Waals surface area contributed by atoms with E-state index in [9.17, 15) is 4.79 Å². The monoisotopic (exact) mass is 325 g/mol. The Balaban J connectivity index is 1.47. The summed E-state index contributed by atoms with van der Waals surface area (Å²) in [6.07, 6.45) is 14.8. The Labute approximate surface area is 141 Å². The van der Waals surface area contributed by atoms with E-state index in [-0.39, 0.29) is 5.91 Å². The minimum Gasteiger partial charge on any atom is -0.337 e. The first-order valence-electron chi connectivity index (χ1n) is 8.87. The van der Waals surface area contributed by atoms with Gasteiger partial charge in [0.05, 0.1) is 6.20 Å². The van der Waals surface area contributed by atoms with Gasteiger partial charge in [-0.05, 0) is 31.6 Å². The Hall–Kier alpha value is -2.24. The lowest BCUT2D eigenvalue weighted by atomic mass is 9.85. The van der Waals surface area contributed by atoms with Crippen molar-refractivity contribution in [3.8, 4) is 0 Å². The van der Waals surface area contributed by atoms with E-state index in [2.05, 4.69) is 25.7 Å². The highest BCUT2D eigenvalue weighted by Crippen LogP contribution is 2.31. The molecule has 2 aromatic heterocycles. The van der Waals surface area contributed by atoms with E-state index in [4.69, 9.17) is 0 Å². The van der Waals surface area contributed by atoms with Crippen molar-refractivity contribution in [3.05, 3.63) is 42.5 Å². The number of hydrogen-bond acceptors (Lipinski definition) is 4. The molecule has 126 valence electrons. The molecule has 24 heavy (non-hydrogen) atoms. The Morgan fingerprint density at radius 2 is 2.04 bits per heavy atom. The summed E-state index contributed by atoms with van der Waals surface area (Å²) in [5, 5.41) is 0. The lowest BCUT2D eigenvalue weighted by Gasteiger charge is -2.33. The number of hydrogen-bond donors (Lipinski definition) is 0. The van der Waals surface area contributed by atoms with Crippen LogP contribution in [0.5, 0.6) is 0 Å². The molecule has 0 radical (unpaired) electrons. The smallest absolute Gasteiger partial charge is 0.274 e. The summed E-state index contributed by atoms with van der Waals surface area (Å²) in [6.45, 7) is 2.58. The lowest BCUT2D eigenvalue weighted by molar-refractivity contribution is 0.0696. The molecule has 0 bridgehead atoms. The molecule has 0 N–H and O–H groups in total. The summed E-state index contributed by atoms with van der Waals surface area (Å²) < 4.78 is 2.31. The van der Waals surface area contributed by atoms with E-state index in [1.165, 1.54) is 19.3 Å². The lowest BCUT2D eigenvalue weighted by Crippen LogP contribution is -2.40. The van der Waals surface area contributed by atoms with Crippen molar-refractivity contribution >= 4 is 5.91 Å². The van der Waals surface area contributed by atoms with E-state index in [1.54, 1.807) is 18.6 Å². The molecule has 3 heterocycles. The summed E-state index contributed by atoms with van der Waals surface area (Å²) >= 11 is 0. The average molecular weight is 325 g/mol. The van der Waals surface area contributed by atoms with Crippen LogP contribution in [-0.2, 0) is 6.54 Å². The molecule has 1 aliphatic carbocycles. The molecule has 0 spiro atoms. The minimum absolute atomic E-state index is 0.0232. The molecular weight excluding hydrogens is 302 g/mol. The zero-order valence-corrected chi connectivity index (χ0v) is 13.8. The second-order valence-corrected chi connectivity index (χ2v) is 6.92. The van der Waals surface area contributed by atoms with Crippen LogP contribution in [0.2, 0.25) is 0 Å². The topological polar surface area (TPSA) is 63.9 Å². The molecule has 2 aromatic rings. The number of rotatable bonds is 4. The molecule has 1 amide bonds.